The zero-order chi connectivity index (χ0) is 14.7. The molecule has 1 atom stereocenters. The van der Waals surface area contributed by atoms with E-state index in [1.165, 1.54) is 4.90 Å². The number of hydrogen-bond donors (Lipinski definition) is 0. The van der Waals surface area contributed by atoms with Crippen molar-refractivity contribution in [2.45, 2.75) is 24.2 Å². The average Bonchev–Trinajstić information content (AvgIpc) is 2.93. The number of thioether (sulfide) groups is 1. The quantitative estimate of drug-likeness (QED) is 0.794. The Labute approximate surface area is 135 Å². The van der Waals surface area contributed by atoms with Crippen LogP contribution >= 0.6 is 23.4 Å². The van der Waals surface area contributed by atoms with Gasteiger partial charge in [0, 0.05) is 47.2 Å². The molecule has 5 heteroatoms. The van der Waals surface area contributed by atoms with E-state index in [2.05, 4.69) is 0 Å². The SMILES string of the molecule is O=C1CCC2(CCOC2)CN1CCSc1ccc(Cl)cc1. The van der Waals surface area contributed by atoms with Gasteiger partial charge in [0.2, 0.25) is 5.91 Å². The van der Waals surface area contributed by atoms with Crippen molar-refractivity contribution in [2.24, 2.45) is 5.41 Å². The van der Waals surface area contributed by atoms with Gasteiger partial charge < -0.3 is 9.64 Å². The number of halogens is 1. The Kier molecular flexibility index (Phi) is 4.77. The van der Waals surface area contributed by atoms with E-state index in [9.17, 15) is 4.79 Å². The van der Waals surface area contributed by atoms with Gasteiger partial charge in [-0.15, -0.1) is 11.8 Å². The monoisotopic (exact) mass is 325 g/mol. The second-order valence-corrected chi connectivity index (χ2v) is 7.53. The summed E-state index contributed by atoms with van der Waals surface area (Å²) in [4.78, 5) is 15.3. The van der Waals surface area contributed by atoms with Crippen LogP contribution in [0.15, 0.2) is 29.2 Å². The number of nitrogens with zero attached hydrogens (tertiary/aromatic N) is 1. The molecule has 0 radical (unpaired) electrons. The molecule has 2 aliphatic rings. The van der Waals surface area contributed by atoms with Gasteiger partial charge in [0.05, 0.1) is 6.61 Å². The standard InChI is InChI=1S/C16H20ClNO2S/c17-13-1-3-14(4-2-13)21-10-8-18-11-16(6-5-15(18)19)7-9-20-12-16/h1-4H,5-12H2. The Balaban J connectivity index is 1.51. The molecule has 0 aromatic heterocycles. The molecular weight excluding hydrogens is 306 g/mol. The summed E-state index contributed by atoms with van der Waals surface area (Å²) < 4.78 is 5.55. The molecule has 2 saturated heterocycles. The Morgan fingerprint density at radius 2 is 2.10 bits per heavy atom. The molecule has 21 heavy (non-hydrogen) atoms. The summed E-state index contributed by atoms with van der Waals surface area (Å²) in [6.45, 7) is 3.35. The smallest absolute Gasteiger partial charge is 0.222 e. The van der Waals surface area contributed by atoms with Crippen LogP contribution in [0.25, 0.3) is 0 Å². The highest BCUT2D eigenvalue weighted by molar-refractivity contribution is 7.99. The fourth-order valence-electron chi connectivity index (χ4n) is 3.08. The summed E-state index contributed by atoms with van der Waals surface area (Å²) in [5, 5.41) is 0.758. The largest absolute Gasteiger partial charge is 0.381 e. The summed E-state index contributed by atoms with van der Waals surface area (Å²) in [5.74, 6) is 1.22. The summed E-state index contributed by atoms with van der Waals surface area (Å²) >= 11 is 7.65. The molecule has 2 heterocycles. The fraction of sp³-hybridized carbons (Fsp3) is 0.562. The minimum Gasteiger partial charge on any atom is -0.381 e. The molecule has 114 valence electrons. The normalized spacial score (nSPS) is 25.8. The number of rotatable bonds is 4. The molecule has 0 aliphatic carbocycles. The third kappa shape index (κ3) is 3.74. The minimum atomic E-state index is 0.235. The lowest BCUT2D eigenvalue weighted by atomic mass is 9.79. The molecule has 3 rings (SSSR count). The van der Waals surface area contributed by atoms with Crippen molar-refractivity contribution < 1.29 is 9.53 Å². The summed E-state index contributed by atoms with van der Waals surface area (Å²) in [6.07, 6.45) is 2.77. The predicted molar refractivity (Wildman–Crippen MR) is 85.9 cm³/mol. The van der Waals surface area contributed by atoms with Gasteiger partial charge >= 0.3 is 0 Å². The summed E-state index contributed by atoms with van der Waals surface area (Å²) in [6, 6.07) is 7.86. The van der Waals surface area contributed by atoms with E-state index >= 15 is 0 Å². The highest BCUT2D eigenvalue weighted by Crippen LogP contribution is 2.38. The lowest BCUT2D eigenvalue weighted by Crippen LogP contribution is -2.47. The first-order valence-corrected chi connectivity index (χ1v) is 8.77. The molecule has 1 amide bonds. The molecule has 2 aliphatic heterocycles. The number of carbonyl (C=O) groups is 1. The third-order valence-electron chi connectivity index (χ3n) is 4.38. The maximum absolute atomic E-state index is 12.1. The summed E-state index contributed by atoms with van der Waals surface area (Å²) in [5.41, 5.74) is 0.235. The Bertz CT molecular complexity index is 500. The molecule has 1 aromatic rings. The molecule has 1 unspecified atom stereocenters. The maximum atomic E-state index is 12.1. The first-order valence-electron chi connectivity index (χ1n) is 7.41. The fourth-order valence-corrected chi connectivity index (χ4v) is 4.08. The number of likely N-dealkylation sites (tertiary alicyclic amines) is 1. The van der Waals surface area contributed by atoms with Gasteiger partial charge in [0.15, 0.2) is 0 Å². The van der Waals surface area contributed by atoms with Crippen molar-refractivity contribution in [3.63, 3.8) is 0 Å². The highest BCUT2D eigenvalue weighted by Gasteiger charge is 2.41. The van der Waals surface area contributed by atoms with Crippen LogP contribution in [0.4, 0.5) is 0 Å². The Morgan fingerprint density at radius 1 is 1.29 bits per heavy atom. The van der Waals surface area contributed by atoms with Gasteiger partial charge in [-0.05, 0) is 37.1 Å². The third-order valence-corrected chi connectivity index (χ3v) is 5.62. The summed E-state index contributed by atoms with van der Waals surface area (Å²) in [7, 11) is 0. The van der Waals surface area contributed by atoms with Crippen LogP contribution in [-0.2, 0) is 9.53 Å². The number of benzene rings is 1. The molecule has 0 saturated carbocycles. The van der Waals surface area contributed by atoms with Gasteiger partial charge in [-0.3, -0.25) is 4.79 Å². The molecule has 0 bridgehead atoms. The number of piperidine rings is 1. The van der Waals surface area contributed by atoms with E-state index in [1.54, 1.807) is 11.8 Å². The van der Waals surface area contributed by atoms with Crippen LogP contribution in [0.2, 0.25) is 5.02 Å². The second-order valence-electron chi connectivity index (χ2n) is 5.92. The van der Waals surface area contributed by atoms with E-state index in [1.807, 2.05) is 29.2 Å². The highest BCUT2D eigenvalue weighted by atomic mass is 35.5. The zero-order valence-corrected chi connectivity index (χ0v) is 13.6. The van der Waals surface area contributed by atoms with E-state index in [0.29, 0.717) is 12.3 Å². The van der Waals surface area contributed by atoms with Crippen molar-refractivity contribution in [2.75, 3.05) is 32.1 Å². The van der Waals surface area contributed by atoms with Crippen LogP contribution in [0.1, 0.15) is 19.3 Å². The van der Waals surface area contributed by atoms with Gasteiger partial charge in [0.1, 0.15) is 0 Å². The van der Waals surface area contributed by atoms with Crippen molar-refractivity contribution in [1.82, 2.24) is 4.90 Å². The first kappa shape index (κ1) is 15.2. The van der Waals surface area contributed by atoms with E-state index in [4.69, 9.17) is 16.3 Å². The topological polar surface area (TPSA) is 29.5 Å². The van der Waals surface area contributed by atoms with Gasteiger partial charge in [-0.1, -0.05) is 11.6 Å². The van der Waals surface area contributed by atoms with Crippen molar-refractivity contribution in [1.29, 1.82) is 0 Å². The van der Waals surface area contributed by atoms with E-state index in [0.717, 1.165) is 49.9 Å². The van der Waals surface area contributed by atoms with Crippen molar-refractivity contribution in [3.05, 3.63) is 29.3 Å². The number of amides is 1. The van der Waals surface area contributed by atoms with Crippen LogP contribution in [0.5, 0.6) is 0 Å². The van der Waals surface area contributed by atoms with Gasteiger partial charge in [-0.2, -0.15) is 0 Å². The number of ether oxygens (including phenoxy) is 1. The second kappa shape index (κ2) is 6.59. The van der Waals surface area contributed by atoms with Gasteiger partial charge in [-0.25, -0.2) is 0 Å². The average molecular weight is 326 g/mol. The molecular formula is C16H20ClNO2S. The van der Waals surface area contributed by atoms with Crippen LogP contribution in [-0.4, -0.2) is 42.9 Å². The van der Waals surface area contributed by atoms with Crippen LogP contribution < -0.4 is 0 Å². The molecule has 1 spiro atoms. The lowest BCUT2D eigenvalue weighted by Gasteiger charge is -2.39. The zero-order valence-electron chi connectivity index (χ0n) is 12.0. The molecule has 1 aromatic carbocycles. The number of hydrogen-bond acceptors (Lipinski definition) is 3. The lowest BCUT2D eigenvalue weighted by molar-refractivity contribution is -0.137. The Morgan fingerprint density at radius 3 is 2.81 bits per heavy atom. The van der Waals surface area contributed by atoms with E-state index in [-0.39, 0.29) is 5.41 Å². The number of carbonyl (C=O) groups excluding carboxylic acids is 1. The van der Waals surface area contributed by atoms with Crippen LogP contribution in [0.3, 0.4) is 0 Å². The molecule has 2 fully saturated rings. The Hall–Kier alpha value is -0.710. The minimum absolute atomic E-state index is 0.235. The van der Waals surface area contributed by atoms with Crippen molar-refractivity contribution >= 4 is 29.3 Å². The van der Waals surface area contributed by atoms with Gasteiger partial charge in [0.25, 0.3) is 0 Å². The molecule has 0 N–H and O–H groups in total. The van der Waals surface area contributed by atoms with Crippen LogP contribution in [0, 0.1) is 5.41 Å². The predicted octanol–water partition coefficient (Wildman–Crippen LogP) is 3.46. The van der Waals surface area contributed by atoms with Crippen molar-refractivity contribution in [3.8, 4) is 0 Å². The molecule has 3 nitrogen and oxygen atoms in total. The van der Waals surface area contributed by atoms with E-state index < -0.39 is 0 Å². The first-order chi connectivity index (χ1) is 10.2. The maximum Gasteiger partial charge on any atom is 0.222 e.